The minimum atomic E-state index is -4.73. The zero-order valence-corrected chi connectivity index (χ0v) is 17.9. The van der Waals surface area contributed by atoms with Crippen LogP contribution < -0.4 is 5.32 Å². The number of carbonyl (C=O) groups excluding carboxylic acids is 1. The Balaban J connectivity index is 1.91. The molecule has 1 atom stereocenters. The molecule has 11 heteroatoms. The number of hydrogen-bond donors (Lipinski definition) is 1. The van der Waals surface area contributed by atoms with Crippen LogP contribution in [0.15, 0.2) is 30.5 Å². The molecule has 3 rings (SSSR count). The number of halogens is 5. The zero-order chi connectivity index (χ0) is 23.1. The van der Waals surface area contributed by atoms with Crippen molar-refractivity contribution < 1.29 is 22.4 Å². The molecule has 31 heavy (non-hydrogen) atoms. The van der Waals surface area contributed by atoms with Crippen LogP contribution in [-0.4, -0.2) is 25.5 Å². The molecule has 0 saturated heterocycles. The van der Waals surface area contributed by atoms with E-state index in [2.05, 4.69) is 15.5 Å². The normalized spacial score (nSPS) is 13.0. The summed E-state index contributed by atoms with van der Waals surface area (Å²) in [5.74, 6) is -1.05. The lowest BCUT2D eigenvalue weighted by Crippen LogP contribution is -2.26. The molecule has 166 valence electrons. The van der Waals surface area contributed by atoms with Crippen molar-refractivity contribution in [3.63, 3.8) is 0 Å². The lowest BCUT2D eigenvalue weighted by Gasteiger charge is -2.17. The van der Waals surface area contributed by atoms with Gasteiger partial charge in [0.15, 0.2) is 5.69 Å². The molecule has 2 heterocycles. The third-order valence-electron chi connectivity index (χ3n) is 4.77. The van der Waals surface area contributed by atoms with Gasteiger partial charge in [0.05, 0.1) is 34.0 Å². The van der Waals surface area contributed by atoms with Crippen LogP contribution in [0.4, 0.5) is 23.2 Å². The molecule has 1 unspecified atom stereocenters. The highest BCUT2D eigenvalue weighted by Crippen LogP contribution is 2.36. The van der Waals surface area contributed by atoms with Crippen molar-refractivity contribution in [1.29, 1.82) is 0 Å². The van der Waals surface area contributed by atoms with E-state index < -0.39 is 34.7 Å². The fraction of sp³-hybridized carbons (Fsp3) is 0.350. The number of benzene rings is 1. The van der Waals surface area contributed by atoms with Gasteiger partial charge in [-0.2, -0.15) is 23.4 Å². The van der Waals surface area contributed by atoms with Gasteiger partial charge in [0, 0.05) is 0 Å². The van der Waals surface area contributed by atoms with Gasteiger partial charge in [-0.1, -0.05) is 25.4 Å². The summed E-state index contributed by atoms with van der Waals surface area (Å²) in [6, 6.07) is 4.63. The van der Waals surface area contributed by atoms with Gasteiger partial charge in [-0.3, -0.25) is 9.48 Å². The molecule has 1 N–H and O–H groups in total. The molecule has 0 saturated carbocycles. The molecule has 0 spiro atoms. The number of hydrogen-bond acceptors (Lipinski definition) is 3. The van der Waals surface area contributed by atoms with Gasteiger partial charge in [0.1, 0.15) is 11.9 Å². The number of alkyl halides is 3. The third kappa shape index (κ3) is 4.43. The Morgan fingerprint density at radius 2 is 1.77 bits per heavy atom. The summed E-state index contributed by atoms with van der Waals surface area (Å²) >= 11 is 5.78. The standard InChI is InChI=1S/C20H20ClF4N5O/c1-10(2)17-15(9-26-30(17)14-7-5-13(22)6-8-14)27-19(31)12(4)29-11(3)16(21)18(28-29)20(23,24)25/h5-10,12H,1-4H3,(H,27,31). The van der Waals surface area contributed by atoms with Crippen LogP contribution >= 0.6 is 11.6 Å². The lowest BCUT2D eigenvalue weighted by molar-refractivity contribution is -0.141. The summed E-state index contributed by atoms with van der Waals surface area (Å²) in [7, 11) is 0. The lowest BCUT2D eigenvalue weighted by atomic mass is 10.1. The fourth-order valence-electron chi connectivity index (χ4n) is 3.20. The second-order valence-corrected chi connectivity index (χ2v) is 7.72. The highest BCUT2D eigenvalue weighted by Gasteiger charge is 2.39. The predicted octanol–water partition coefficient (Wildman–Crippen LogP) is 5.51. The largest absolute Gasteiger partial charge is 0.436 e. The van der Waals surface area contributed by atoms with Crippen LogP contribution in [0.1, 0.15) is 49.8 Å². The number of rotatable bonds is 5. The van der Waals surface area contributed by atoms with E-state index >= 15 is 0 Å². The van der Waals surface area contributed by atoms with Gasteiger partial charge < -0.3 is 5.32 Å². The van der Waals surface area contributed by atoms with E-state index in [-0.39, 0.29) is 11.6 Å². The molecule has 0 fully saturated rings. The van der Waals surface area contributed by atoms with E-state index in [1.165, 1.54) is 32.2 Å². The van der Waals surface area contributed by atoms with E-state index in [1.54, 1.807) is 16.8 Å². The van der Waals surface area contributed by atoms with E-state index in [1.807, 2.05) is 13.8 Å². The first-order valence-electron chi connectivity index (χ1n) is 9.38. The van der Waals surface area contributed by atoms with Crippen LogP contribution in [0.3, 0.4) is 0 Å². The Bertz CT molecular complexity index is 1100. The molecule has 0 bridgehead atoms. The Hall–Kier alpha value is -2.88. The average molecular weight is 458 g/mol. The maximum Gasteiger partial charge on any atom is 0.436 e. The van der Waals surface area contributed by atoms with Gasteiger partial charge >= 0.3 is 6.18 Å². The van der Waals surface area contributed by atoms with E-state index in [4.69, 9.17) is 11.6 Å². The van der Waals surface area contributed by atoms with E-state index in [0.717, 1.165) is 4.68 Å². The maximum absolute atomic E-state index is 13.3. The topological polar surface area (TPSA) is 64.7 Å². The fourth-order valence-corrected chi connectivity index (χ4v) is 3.43. The van der Waals surface area contributed by atoms with Gasteiger partial charge in [0.2, 0.25) is 5.91 Å². The summed E-state index contributed by atoms with van der Waals surface area (Å²) < 4.78 is 55.0. The second kappa shape index (κ2) is 8.33. The van der Waals surface area contributed by atoms with Crippen molar-refractivity contribution in [2.24, 2.45) is 0 Å². The Labute approximate surface area is 180 Å². The monoisotopic (exact) mass is 457 g/mol. The highest BCUT2D eigenvalue weighted by atomic mass is 35.5. The van der Waals surface area contributed by atoms with Crippen LogP contribution in [0.2, 0.25) is 5.02 Å². The highest BCUT2D eigenvalue weighted by molar-refractivity contribution is 6.32. The predicted molar refractivity (Wildman–Crippen MR) is 108 cm³/mol. The van der Waals surface area contributed by atoms with Crippen LogP contribution in [0.25, 0.3) is 5.69 Å². The number of aromatic nitrogens is 4. The van der Waals surface area contributed by atoms with Crippen molar-refractivity contribution in [2.75, 3.05) is 5.32 Å². The summed E-state index contributed by atoms with van der Waals surface area (Å²) in [4.78, 5) is 12.8. The number of nitrogens with zero attached hydrogens (tertiary/aromatic N) is 4. The Kier molecular flexibility index (Phi) is 6.13. The molecule has 0 aliphatic rings. The SMILES string of the molecule is Cc1c(Cl)c(C(F)(F)F)nn1C(C)C(=O)Nc1cnn(-c2ccc(F)cc2)c1C(C)C. The van der Waals surface area contributed by atoms with Crippen LogP contribution in [0, 0.1) is 12.7 Å². The molecule has 1 amide bonds. The quantitative estimate of drug-likeness (QED) is 0.514. The van der Waals surface area contributed by atoms with Crippen LogP contribution in [0.5, 0.6) is 0 Å². The molecule has 2 aromatic heterocycles. The number of nitrogens with one attached hydrogen (secondary N) is 1. The number of anilines is 1. The smallest absolute Gasteiger partial charge is 0.321 e. The van der Waals surface area contributed by atoms with E-state index in [0.29, 0.717) is 17.1 Å². The summed E-state index contributed by atoms with van der Waals surface area (Å²) in [5, 5.41) is 9.94. The first kappa shape index (κ1) is 22.8. The minimum Gasteiger partial charge on any atom is -0.321 e. The zero-order valence-electron chi connectivity index (χ0n) is 17.1. The number of amides is 1. The molecule has 1 aromatic carbocycles. The van der Waals surface area contributed by atoms with E-state index in [9.17, 15) is 22.4 Å². The van der Waals surface area contributed by atoms with Crippen molar-refractivity contribution in [3.8, 4) is 5.69 Å². The van der Waals surface area contributed by atoms with Gasteiger partial charge in [-0.15, -0.1) is 0 Å². The third-order valence-corrected chi connectivity index (χ3v) is 5.23. The molecule has 3 aromatic rings. The van der Waals surface area contributed by atoms with Crippen molar-refractivity contribution >= 4 is 23.2 Å². The Morgan fingerprint density at radius 1 is 1.16 bits per heavy atom. The molecule has 0 radical (unpaired) electrons. The van der Waals surface area contributed by atoms with Crippen molar-refractivity contribution in [2.45, 2.75) is 45.8 Å². The summed E-state index contributed by atoms with van der Waals surface area (Å²) in [6.07, 6.45) is -3.29. The molecule has 0 aliphatic carbocycles. The van der Waals surface area contributed by atoms with Crippen molar-refractivity contribution in [1.82, 2.24) is 19.6 Å². The molecule has 0 aliphatic heterocycles. The average Bonchev–Trinajstić information content (AvgIpc) is 3.23. The number of carbonyl (C=O) groups is 1. The van der Waals surface area contributed by atoms with Gasteiger partial charge in [-0.05, 0) is 44.0 Å². The van der Waals surface area contributed by atoms with Crippen LogP contribution in [-0.2, 0) is 11.0 Å². The Morgan fingerprint density at radius 3 is 2.29 bits per heavy atom. The van der Waals surface area contributed by atoms with Gasteiger partial charge in [-0.25, -0.2) is 9.07 Å². The first-order chi connectivity index (χ1) is 14.4. The minimum absolute atomic E-state index is 0.0303. The first-order valence-corrected chi connectivity index (χ1v) is 9.76. The maximum atomic E-state index is 13.3. The summed E-state index contributed by atoms with van der Waals surface area (Å²) in [5.41, 5.74) is 0.436. The summed E-state index contributed by atoms with van der Waals surface area (Å²) in [6.45, 7) is 6.57. The molecule has 6 nitrogen and oxygen atoms in total. The molecular formula is C20H20ClF4N5O. The van der Waals surface area contributed by atoms with Gasteiger partial charge in [0.25, 0.3) is 0 Å². The second-order valence-electron chi connectivity index (χ2n) is 7.34. The van der Waals surface area contributed by atoms with Crippen molar-refractivity contribution in [3.05, 3.63) is 58.4 Å². The molecular weight excluding hydrogens is 438 g/mol.